The van der Waals surface area contributed by atoms with Crippen molar-refractivity contribution in [2.24, 2.45) is 0 Å². The smallest absolute Gasteiger partial charge is 0.244 e. The zero-order valence-corrected chi connectivity index (χ0v) is 13.0. The Morgan fingerprint density at radius 2 is 2.09 bits per heavy atom. The van der Waals surface area contributed by atoms with Gasteiger partial charge in [-0.15, -0.1) is 0 Å². The zero-order valence-electron chi connectivity index (χ0n) is 13.0. The Morgan fingerprint density at radius 3 is 2.68 bits per heavy atom. The van der Waals surface area contributed by atoms with Crippen LogP contribution in [0, 0.1) is 6.92 Å². The second-order valence-corrected chi connectivity index (χ2v) is 5.19. The molecule has 1 heterocycles. The maximum atomic E-state index is 12.1. The Morgan fingerprint density at radius 1 is 1.36 bits per heavy atom. The van der Waals surface area contributed by atoms with E-state index in [0.29, 0.717) is 18.3 Å². The molecule has 0 aliphatic carbocycles. The quantitative estimate of drug-likeness (QED) is 0.822. The van der Waals surface area contributed by atoms with Crippen molar-refractivity contribution in [1.29, 1.82) is 0 Å². The van der Waals surface area contributed by atoms with Crippen LogP contribution in [0.3, 0.4) is 0 Å². The van der Waals surface area contributed by atoms with E-state index in [-0.39, 0.29) is 5.91 Å². The third-order valence-corrected chi connectivity index (χ3v) is 2.96. The van der Waals surface area contributed by atoms with Gasteiger partial charge in [-0.1, -0.05) is 41.6 Å². The van der Waals surface area contributed by atoms with Crippen LogP contribution >= 0.6 is 0 Å². The Bertz CT molecular complexity index is 635. The SMILES string of the molecule is Cc1nc(C(NC(=O)/C=C/CN(C)C)c2ccccc2)no1. The third-order valence-electron chi connectivity index (χ3n) is 2.96. The Balaban J connectivity index is 2.15. The Kier molecular flexibility index (Phi) is 5.43. The number of nitrogens with zero attached hydrogens (tertiary/aromatic N) is 3. The topological polar surface area (TPSA) is 71.3 Å². The number of hydrogen-bond acceptors (Lipinski definition) is 5. The molecule has 1 unspecified atom stereocenters. The highest BCUT2D eigenvalue weighted by atomic mass is 16.5. The van der Waals surface area contributed by atoms with Crippen molar-refractivity contribution in [3.05, 3.63) is 59.8 Å². The molecule has 1 amide bonds. The normalized spacial score (nSPS) is 12.7. The number of likely N-dealkylation sites (N-methyl/N-ethyl adjacent to an activating group) is 1. The van der Waals surface area contributed by atoms with Crippen molar-refractivity contribution in [2.75, 3.05) is 20.6 Å². The fourth-order valence-corrected chi connectivity index (χ4v) is 1.94. The summed E-state index contributed by atoms with van der Waals surface area (Å²) in [6, 6.07) is 9.13. The summed E-state index contributed by atoms with van der Waals surface area (Å²) >= 11 is 0. The second-order valence-electron chi connectivity index (χ2n) is 5.19. The minimum Gasteiger partial charge on any atom is -0.340 e. The first-order valence-corrected chi connectivity index (χ1v) is 7.03. The molecule has 1 aromatic carbocycles. The van der Waals surface area contributed by atoms with Gasteiger partial charge in [0, 0.05) is 19.5 Å². The van der Waals surface area contributed by atoms with Crippen LogP contribution in [0.25, 0.3) is 0 Å². The highest BCUT2D eigenvalue weighted by Gasteiger charge is 2.20. The van der Waals surface area contributed by atoms with Gasteiger partial charge in [0.25, 0.3) is 0 Å². The molecule has 1 atom stereocenters. The molecular formula is C16H20N4O2. The maximum absolute atomic E-state index is 12.1. The lowest BCUT2D eigenvalue weighted by Gasteiger charge is -2.14. The van der Waals surface area contributed by atoms with Crippen LogP contribution in [-0.4, -0.2) is 41.6 Å². The summed E-state index contributed by atoms with van der Waals surface area (Å²) in [4.78, 5) is 18.3. The van der Waals surface area contributed by atoms with Crippen molar-refractivity contribution in [2.45, 2.75) is 13.0 Å². The van der Waals surface area contributed by atoms with Crippen molar-refractivity contribution in [3.8, 4) is 0 Å². The average Bonchev–Trinajstić information content (AvgIpc) is 2.91. The lowest BCUT2D eigenvalue weighted by molar-refractivity contribution is -0.117. The molecule has 0 aliphatic heterocycles. The van der Waals surface area contributed by atoms with Gasteiger partial charge in [0.1, 0.15) is 6.04 Å². The van der Waals surface area contributed by atoms with Crippen LogP contribution in [0.4, 0.5) is 0 Å². The molecule has 6 nitrogen and oxygen atoms in total. The van der Waals surface area contributed by atoms with E-state index in [0.717, 1.165) is 5.56 Å². The summed E-state index contributed by atoms with van der Waals surface area (Å²) in [5.41, 5.74) is 0.901. The summed E-state index contributed by atoms with van der Waals surface area (Å²) in [5.74, 6) is 0.713. The van der Waals surface area contributed by atoms with Crippen LogP contribution in [-0.2, 0) is 4.79 Å². The van der Waals surface area contributed by atoms with E-state index in [9.17, 15) is 4.79 Å². The first-order valence-electron chi connectivity index (χ1n) is 7.03. The molecule has 2 aromatic rings. The molecule has 0 saturated heterocycles. The van der Waals surface area contributed by atoms with E-state index >= 15 is 0 Å². The lowest BCUT2D eigenvalue weighted by atomic mass is 10.1. The predicted octanol–water partition coefficient (Wildman–Crippen LogP) is 1.70. The van der Waals surface area contributed by atoms with Crippen LogP contribution in [0.1, 0.15) is 23.3 Å². The molecule has 0 fully saturated rings. The number of amides is 1. The summed E-state index contributed by atoms with van der Waals surface area (Å²) in [6.07, 6.45) is 3.32. The van der Waals surface area contributed by atoms with E-state index in [1.165, 1.54) is 6.08 Å². The van der Waals surface area contributed by atoms with Gasteiger partial charge < -0.3 is 14.7 Å². The molecule has 0 aliphatic rings. The van der Waals surface area contributed by atoms with Gasteiger partial charge in [-0.25, -0.2) is 0 Å². The molecule has 116 valence electrons. The van der Waals surface area contributed by atoms with Gasteiger partial charge in [0.2, 0.25) is 11.8 Å². The van der Waals surface area contributed by atoms with Crippen LogP contribution < -0.4 is 5.32 Å². The number of hydrogen-bond donors (Lipinski definition) is 1. The first-order chi connectivity index (χ1) is 10.6. The van der Waals surface area contributed by atoms with E-state index in [1.54, 1.807) is 13.0 Å². The minimum absolute atomic E-state index is 0.196. The minimum atomic E-state index is -0.435. The molecule has 0 bridgehead atoms. The van der Waals surface area contributed by atoms with E-state index in [1.807, 2.05) is 49.3 Å². The number of carbonyl (C=O) groups excluding carboxylic acids is 1. The van der Waals surface area contributed by atoms with E-state index in [4.69, 9.17) is 4.52 Å². The van der Waals surface area contributed by atoms with Crippen molar-refractivity contribution in [3.63, 3.8) is 0 Å². The van der Waals surface area contributed by atoms with Crippen molar-refractivity contribution >= 4 is 5.91 Å². The largest absolute Gasteiger partial charge is 0.340 e. The fraction of sp³-hybridized carbons (Fsp3) is 0.312. The molecule has 22 heavy (non-hydrogen) atoms. The second kappa shape index (κ2) is 7.51. The number of nitrogens with one attached hydrogen (secondary N) is 1. The number of aryl methyl sites for hydroxylation is 1. The highest BCUT2D eigenvalue weighted by molar-refractivity contribution is 5.88. The zero-order chi connectivity index (χ0) is 15.9. The molecule has 0 saturated carbocycles. The molecule has 6 heteroatoms. The highest BCUT2D eigenvalue weighted by Crippen LogP contribution is 2.19. The van der Waals surface area contributed by atoms with Gasteiger partial charge in [0.05, 0.1) is 0 Å². The van der Waals surface area contributed by atoms with Gasteiger partial charge >= 0.3 is 0 Å². The molecule has 0 radical (unpaired) electrons. The number of carbonyl (C=O) groups is 1. The number of aromatic nitrogens is 2. The molecule has 0 spiro atoms. The first kappa shape index (κ1) is 15.9. The van der Waals surface area contributed by atoms with Gasteiger partial charge in [-0.05, 0) is 19.7 Å². The monoisotopic (exact) mass is 300 g/mol. The van der Waals surface area contributed by atoms with Crippen molar-refractivity contribution < 1.29 is 9.32 Å². The standard InChI is InChI=1S/C16H20N4O2/c1-12-17-16(19-22-12)15(13-8-5-4-6-9-13)18-14(21)10-7-11-20(2)3/h4-10,15H,11H2,1-3H3,(H,18,21)/b10-7+. The molecular weight excluding hydrogens is 280 g/mol. The lowest BCUT2D eigenvalue weighted by Crippen LogP contribution is -2.28. The van der Waals surface area contributed by atoms with Crippen LogP contribution in [0.5, 0.6) is 0 Å². The summed E-state index contributed by atoms with van der Waals surface area (Å²) in [7, 11) is 3.88. The Hall–Kier alpha value is -2.47. The Labute approximate surface area is 129 Å². The summed E-state index contributed by atoms with van der Waals surface area (Å²) in [5, 5.41) is 6.83. The van der Waals surface area contributed by atoms with E-state index in [2.05, 4.69) is 15.5 Å². The molecule has 1 aromatic heterocycles. The summed E-state index contributed by atoms with van der Waals surface area (Å²) < 4.78 is 5.02. The number of benzene rings is 1. The molecule has 1 N–H and O–H groups in total. The molecule has 2 rings (SSSR count). The third kappa shape index (κ3) is 4.53. The average molecular weight is 300 g/mol. The van der Waals surface area contributed by atoms with Gasteiger partial charge in [0.15, 0.2) is 5.82 Å². The van der Waals surface area contributed by atoms with Crippen LogP contribution in [0.15, 0.2) is 47.0 Å². The van der Waals surface area contributed by atoms with E-state index < -0.39 is 6.04 Å². The summed E-state index contributed by atoms with van der Waals surface area (Å²) in [6.45, 7) is 2.42. The fourth-order valence-electron chi connectivity index (χ4n) is 1.94. The van der Waals surface area contributed by atoms with Gasteiger partial charge in [-0.3, -0.25) is 4.79 Å². The number of rotatable bonds is 6. The maximum Gasteiger partial charge on any atom is 0.244 e. The predicted molar refractivity (Wildman–Crippen MR) is 83.2 cm³/mol. The van der Waals surface area contributed by atoms with Crippen molar-refractivity contribution in [1.82, 2.24) is 20.4 Å². The van der Waals surface area contributed by atoms with Gasteiger partial charge in [-0.2, -0.15) is 4.98 Å². The van der Waals surface area contributed by atoms with Crippen LogP contribution in [0.2, 0.25) is 0 Å².